The van der Waals surface area contributed by atoms with Crippen LogP contribution in [0.5, 0.6) is 0 Å². The molecule has 2 aromatic rings. The van der Waals surface area contributed by atoms with Crippen molar-refractivity contribution in [2.45, 2.75) is 18.9 Å². The van der Waals surface area contributed by atoms with Crippen molar-refractivity contribution in [1.29, 1.82) is 0 Å². The van der Waals surface area contributed by atoms with Crippen LogP contribution in [0, 0.1) is 0 Å². The highest BCUT2D eigenvalue weighted by Crippen LogP contribution is 2.24. The largest absolute Gasteiger partial charge is 0.411 e. The molecular formula is C13H15N5O2S. The van der Waals surface area contributed by atoms with Crippen molar-refractivity contribution in [1.82, 2.24) is 24.4 Å². The lowest BCUT2D eigenvalue weighted by Crippen LogP contribution is -2.52. The van der Waals surface area contributed by atoms with Gasteiger partial charge in [0, 0.05) is 31.9 Å². The molecule has 2 fully saturated rings. The van der Waals surface area contributed by atoms with E-state index in [1.165, 1.54) is 24.4 Å². The Balaban J connectivity index is 1.50. The lowest BCUT2D eigenvalue weighted by molar-refractivity contribution is 0.0535. The van der Waals surface area contributed by atoms with Gasteiger partial charge in [0.15, 0.2) is 0 Å². The van der Waals surface area contributed by atoms with Crippen molar-refractivity contribution in [2.24, 2.45) is 0 Å². The molecule has 0 radical (unpaired) electrons. The summed E-state index contributed by atoms with van der Waals surface area (Å²) in [6, 6.07) is 2.29. The van der Waals surface area contributed by atoms with Crippen molar-refractivity contribution < 1.29 is 9.21 Å². The van der Waals surface area contributed by atoms with E-state index in [1.807, 2.05) is 4.90 Å². The van der Waals surface area contributed by atoms with E-state index in [4.69, 9.17) is 4.42 Å². The predicted molar refractivity (Wildman–Crippen MR) is 75.9 cm³/mol. The number of amides is 1. The lowest BCUT2D eigenvalue weighted by atomic mass is 10.1. The zero-order chi connectivity index (χ0) is 14.2. The van der Waals surface area contributed by atoms with E-state index in [9.17, 15) is 4.79 Å². The molecule has 7 nitrogen and oxygen atoms in total. The zero-order valence-electron chi connectivity index (χ0n) is 11.4. The Kier molecular flexibility index (Phi) is 3.19. The maximum atomic E-state index is 12.5. The van der Waals surface area contributed by atoms with Gasteiger partial charge >= 0.3 is 11.8 Å². The van der Waals surface area contributed by atoms with Crippen molar-refractivity contribution in [3.05, 3.63) is 18.2 Å². The summed E-state index contributed by atoms with van der Waals surface area (Å²) < 4.78 is 9.49. The van der Waals surface area contributed by atoms with E-state index < -0.39 is 0 Å². The van der Waals surface area contributed by atoms with E-state index in [1.54, 1.807) is 12.3 Å². The Morgan fingerprint density at radius 2 is 2.29 bits per heavy atom. The summed E-state index contributed by atoms with van der Waals surface area (Å²) >= 11 is 1.27. The molecule has 4 heterocycles. The molecule has 0 bridgehead atoms. The fourth-order valence-corrected chi connectivity index (χ4v) is 3.56. The highest BCUT2D eigenvalue weighted by Gasteiger charge is 2.34. The van der Waals surface area contributed by atoms with E-state index in [-0.39, 0.29) is 11.8 Å². The lowest BCUT2D eigenvalue weighted by Gasteiger charge is -2.36. The molecule has 2 saturated heterocycles. The molecule has 2 aliphatic rings. The van der Waals surface area contributed by atoms with Crippen LogP contribution in [0.4, 0.5) is 0 Å². The Bertz CT molecular complexity index is 641. The first-order chi connectivity index (χ1) is 10.3. The van der Waals surface area contributed by atoms with Crippen LogP contribution in [0.25, 0.3) is 10.8 Å². The van der Waals surface area contributed by atoms with Gasteiger partial charge in [-0.25, -0.2) is 4.37 Å². The van der Waals surface area contributed by atoms with E-state index in [0.29, 0.717) is 11.9 Å². The van der Waals surface area contributed by atoms with Crippen molar-refractivity contribution in [3.8, 4) is 10.8 Å². The molecule has 21 heavy (non-hydrogen) atoms. The minimum atomic E-state index is -0.162. The Labute approximate surface area is 125 Å². The monoisotopic (exact) mass is 305 g/mol. The summed E-state index contributed by atoms with van der Waals surface area (Å²) in [6.07, 6.45) is 4.06. The molecule has 110 valence electrons. The molecule has 0 N–H and O–H groups in total. The SMILES string of the molecule is O=C(c1nnc(-c2ccns2)o1)N1CCN2CCCC2C1. The van der Waals surface area contributed by atoms with Gasteiger partial charge in [0.25, 0.3) is 5.89 Å². The fourth-order valence-electron chi connectivity index (χ4n) is 3.05. The van der Waals surface area contributed by atoms with Gasteiger partial charge in [-0.15, -0.1) is 10.2 Å². The third-order valence-electron chi connectivity index (χ3n) is 4.13. The van der Waals surface area contributed by atoms with Gasteiger partial charge in [-0.1, -0.05) is 0 Å². The molecular weight excluding hydrogens is 290 g/mol. The number of fused-ring (bicyclic) bond motifs is 1. The summed E-state index contributed by atoms with van der Waals surface area (Å²) in [4.78, 5) is 17.5. The van der Waals surface area contributed by atoms with Crippen LogP contribution in [0.15, 0.2) is 16.7 Å². The van der Waals surface area contributed by atoms with E-state index in [0.717, 1.165) is 31.1 Å². The van der Waals surface area contributed by atoms with Gasteiger partial charge < -0.3 is 9.32 Å². The molecule has 0 aliphatic carbocycles. The standard InChI is InChI=1S/C13H15N5O2S/c19-13(18-7-6-17-5-1-2-9(17)8-18)12-16-15-11(20-12)10-3-4-14-21-10/h3-4,9H,1-2,5-8H2. The predicted octanol–water partition coefficient (Wildman–Crippen LogP) is 1.11. The number of carbonyl (C=O) groups is 1. The normalized spacial score (nSPS) is 22.5. The first-order valence-electron chi connectivity index (χ1n) is 7.09. The summed E-state index contributed by atoms with van der Waals surface area (Å²) in [6.45, 7) is 3.58. The maximum Gasteiger partial charge on any atom is 0.311 e. The van der Waals surface area contributed by atoms with Crippen molar-refractivity contribution in [2.75, 3.05) is 26.2 Å². The van der Waals surface area contributed by atoms with Gasteiger partial charge in [0.1, 0.15) is 4.88 Å². The third kappa shape index (κ3) is 2.34. The molecule has 2 aliphatic heterocycles. The molecule has 1 atom stereocenters. The summed E-state index contributed by atoms with van der Waals surface area (Å²) in [5, 5.41) is 7.83. The molecule has 0 saturated carbocycles. The van der Waals surface area contributed by atoms with Crippen LogP contribution >= 0.6 is 11.5 Å². The smallest absolute Gasteiger partial charge is 0.311 e. The number of piperazine rings is 1. The van der Waals surface area contributed by atoms with E-state index in [2.05, 4.69) is 19.5 Å². The van der Waals surface area contributed by atoms with Crippen molar-refractivity contribution in [3.63, 3.8) is 0 Å². The second-order valence-corrected chi connectivity index (χ2v) is 6.21. The Morgan fingerprint density at radius 3 is 3.14 bits per heavy atom. The topological polar surface area (TPSA) is 75.4 Å². The molecule has 1 unspecified atom stereocenters. The third-order valence-corrected chi connectivity index (χ3v) is 4.87. The number of hydrogen-bond donors (Lipinski definition) is 0. The molecule has 4 rings (SSSR count). The van der Waals surface area contributed by atoms with Gasteiger partial charge in [0.2, 0.25) is 0 Å². The molecule has 2 aromatic heterocycles. The average Bonchev–Trinajstić information content (AvgIpc) is 3.24. The second-order valence-electron chi connectivity index (χ2n) is 5.37. The minimum absolute atomic E-state index is 0.0739. The minimum Gasteiger partial charge on any atom is -0.411 e. The first kappa shape index (κ1) is 12.9. The fraction of sp³-hybridized carbons (Fsp3) is 0.538. The molecule has 0 spiro atoms. The quantitative estimate of drug-likeness (QED) is 0.827. The van der Waals surface area contributed by atoms with Crippen molar-refractivity contribution >= 4 is 17.4 Å². The number of aromatic nitrogens is 3. The number of hydrogen-bond acceptors (Lipinski definition) is 7. The van der Waals surface area contributed by atoms with Gasteiger partial charge in [0.05, 0.1) is 0 Å². The first-order valence-corrected chi connectivity index (χ1v) is 7.86. The highest BCUT2D eigenvalue weighted by molar-refractivity contribution is 7.09. The van der Waals surface area contributed by atoms with Crippen LogP contribution in [0.3, 0.4) is 0 Å². The van der Waals surface area contributed by atoms with E-state index >= 15 is 0 Å². The Hall–Kier alpha value is -1.80. The van der Waals surface area contributed by atoms with Gasteiger partial charge in [-0.3, -0.25) is 9.69 Å². The van der Waals surface area contributed by atoms with Crippen LogP contribution < -0.4 is 0 Å². The maximum absolute atomic E-state index is 12.5. The number of carbonyl (C=O) groups excluding carboxylic acids is 1. The summed E-state index contributed by atoms with van der Waals surface area (Å²) in [5.74, 6) is 0.273. The highest BCUT2D eigenvalue weighted by atomic mass is 32.1. The summed E-state index contributed by atoms with van der Waals surface area (Å²) in [7, 11) is 0. The van der Waals surface area contributed by atoms with Crippen LogP contribution in [-0.4, -0.2) is 62.5 Å². The van der Waals surface area contributed by atoms with Crippen LogP contribution in [-0.2, 0) is 0 Å². The van der Waals surface area contributed by atoms with Crippen LogP contribution in [0.2, 0.25) is 0 Å². The van der Waals surface area contributed by atoms with Gasteiger partial charge in [-0.05, 0) is 37.0 Å². The van der Waals surface area contributed by atoms with Gasteiger partial charge in [-0.2, -0.15) is 0 Å². The number of rotatable bonds is 2. The summed E-state index contributed by atoms with van der Waals surface area (Å²) in [5.41, 5.74) is 0. The zero-order valence-corrected chi connectivity index (χ0v) is 12.3. The second kappa shape index (κ2) is 5.19. The van der Waals surface area contributed by atoms with Crippen LogP contribution in [0.1, 0.15) is 23.5 Å². The Morgan fingerprint density at radius 1 is 1.33 bits per heavy atom. The molecule has 8 heteroatoms. The molecule has 1 amide bonds. The molecule has 0 aromatic carbocycles. The average molecular weight is 305 g/mol. The number of nitrogens with zero attached hydrogens (tertiary/aromatic N) is 5.